The van der Waals surface area contributed by atoms with Crippen molar-refractivity contribution < 1.29 is 55.7 Å². The van der Waals surface area contributed by atoms with Crippen LogP contribution in [0.15, 0.2) is 54.4 Å². The Bertz CT molecular complexity index is 3070. The summed E-state index contributed by atoms with van der Waals surface area (Å²) < 4.78 is 82.3. The van der Waals surface area contributed by atoms with Gasteiger partial charge in [-0.3, -0.25) is 37.4 Å². The fourth-order valence-corrected chi connectivity index (χ4v) is 16.5. The summed E-state index contributed by atoms with van der Waals surface area (Å²) in [6.07, 6.45) is 8.61. The molecule has 23 nitrogen and oxygen atoms in total. The quantitative estimate of drug-likeness (QED) is 0.0237. The van der Waals surface area contributed by atoms with E-state index in [-0.39, 0.29) is 45.7 Å². The van der Waals surface area contributed by atoms with E-state index < -0.39 is 105 Å². The van der Waals surface area contributed by atoms with Gasteiger partial charge < -0.3 is 50.1 Å². The van der Waals surface area contributed by atoms with E-state index in [9.17, 15) is 24.1 Å². The molecule has 3 amide bonds. The van der Waals surface area contributed by atoms with Gasteiger partial charge in [0, 0.05) is 17.9 Å². The SMILES string of the molecule is CCCCCCCCCCCCCCCC(=O)N[C@H](C(=O)N[C@@H](C)C(=O)Nc1ccc(CSP2(=O)OC[C@H]3O[C@@H](n4cnc5c(N)ncnc54)[C@H](F)[C@@H]3OP(O)(=S)OC[C@H]3O[C@@H](n4cnc5c(=O)[nH]cnc54)[C@H](F)[C@@H]32)cc1)C(C)C. The van der Waals surface area contributed by atoms with Crippen molar-refractivity contribution in [2.75, 3.05) is 24.3 Å². The summed E-state index contributed by atoms with van der Waals surface area (Å²) in [7, 11) is 0. The highest BCUT2D eigenvalue weighted by atomic mass is 32.7. The van der Waals surface area contributed by atoms with Gasteiger partial charge in [-0.25, -0.2) is 33.7 Å². The first kappa shape index (κ1) is 61.3. The number of rotatable bonds is 25. The number of imidazole rings is 2. The molecule has 29 heteroatoms. The van der Waals surface area contributed by atoms with Gasteiger partial charge in [-0.05, 0) is 48.8 Å². The summed E-state index contributed by atoms with van der Waals surface area (Å²) in [5.74, 6) is -1.52. The van der Waals surface area contributed by atoms with Crippen molar-refractivity contribution in [3.05, 3.63) is 65.5 Å². The van der Waals surface area contributed by atoms with E-state index in [0.29, 0.717) is 17.7 Å². The first-order valence-electron chi connectivity index (χ1n) is 27.3. The molecule has 5 aromatic rings. The van der Waals surface area contributed by atoms with Crippen LogP contribution < -0.4 is 27.2 Å². The maximum absolute atomic E-state index is 17.4. The van der Waals surface area contributed by atoms with Crippen molar-refractivity contribution in [3.63, 3.8) is 0 Å². The van der Waals surface area contributed by atoms with Crippen molar-refractivity contribution in [2.45, 2.75) is 184 Å². The highest BCUT2D eigenvalue weighted by Gasteiger charge is 2.59. The Balaban J connectivity index is 0.897. The Hall–Kier alpha value is -4.82. The molecule has 0 saturated carbocycles. The van der Waals surface area contributed by atoms with Gasteiger partial charge in [0.05, 0.1) is 38.3 Å². The number of nitrogens with one attached hydrogen (secondary N) is 4. The van der Waals surface area contributed by atoms with E-state index >= 15 is 13.3 Å². The predicted octanol–water partition coefficient (Wildman–Crippen LogP) is 8.22. The zero-order valence-corrected chi connectivity index (χ0v) is 48.6. The summed E-state index contributed by atoms with van der Waals surface area (Å²) in [6, 6.07) is 4.63. The maximum Gasteiger partial charge on any atom is 0.325 e. The molecule has 3 saturated heterocycles. The average Bonchev–Trinajstić information content (AvgIpc) is 4.22. The van der Waals surface area contributed by atoms with Gasteiger partial charge in [0.25, 0.3) is 12.1 Å². The minimum absolute atomic E-state index is 0.0243. The molecule has 3 aliphatic rings. The lowest BCUT2D eigenvalue weighted by Gasteiger charge is -2.28. The van der Waals surface area contributed by atoms with Crippen molar-refractivity contribution in [1.29, 1.82) is 0 Å². The molecule has 3 fully saturated rings. The van der Waals surface area contributed by atoms with Crippen LogP contribution in [-0.2, 0) is 59.6 Å². The Kier molecular flexibility index (Phi) is 21.4. The molecule has 438 valence electrons. The number of hydrogen-bond donors (Lipinski definition) is 6. The van der Waals surface area contributed by atoms with Gasteiger partial charge in [-0.1, -0.05) is 121 Å². The van der Waals surface area contributed by atoms with Crippen molar-refractivity contribution in [3.8, 4) is 0 Å². The molecule has 0 spiro atoms. The van der Waals surface area contributed by atoms with Gasteiger partial charge in [-0.15, -0.1) is 0 Å². The van der Waals surface area contributed by atoms with E-state index in [2.05, 4.69) is 52.8 Å². The molecule has 1 aromatic carbocycles. The van der Waals surface area contributed by atoms with Crippen molar-refractivity contribution in [2.24, 2.45) is 5.92 Å². The topological polar surface area (TPSA) is 304 Å². The molecule has 7 heterocycles. The molecule has 3 aliphatic heterocycles. The molecule has 0 bridgehead atoms. The number of nitrogens with two attached hydrogens (primary N) is 1. The highest BCUT2D eigenvalue weighted by molar-refractivity contribution is 8.56. The predicted molar refractivity (Wildman–Crippen MR) is 301 cm³/mol. The van der Waals surface area contributed by atoms with Gasteiger partial charge in [0.15, 0.2) is 47.4 Å². The Labute approximate surface area is 471 Å². The lowest BCUT2D eigenvalue weighted by molar-refractivity contribution is -0.131. The first-order chi connectivity index (χ1) is 38.4. The molecule has 4 aromatic heterocycles. The Morgan fingerprint density at radius 2 is 1.41 bits per heavy atom. The number of fused-ring (bicyclic) bond motifs is 4. The molecular formula is C51H72F2N12O11P2S2. The van der Waals surface area contributed by atoms with Gasteiger partial charge in [-0.2, -0.15) is 0 Å². The number of aromatic nitrogens is 8. The Morgan fingerprint density at radius 3 is 2.08 bits per heavy atom. The second-order valence-electron chi connectivity index (χ2n) is 20.8. The van der Waals surface area contributed by atoms with Crippen LogP contribution in [0.3, 0.4) is 0 Å². The summed E-state index contributed by atoms with van der Waals surface area (Å²) >= 11 is 6.10. The monoisotopic (exact) mass is 1190 g/mol. The van der Waals surface area contributed by atoms with Crippen LogP contribution >= 0.6 is 24.7 Å². The van der Waals surface area contributed by atoms with Crippen LogP contribution in [-0.4, -0.2) is 123 Å². The third kappa shape index (κ3) is 15.0. The fourth-order valence-electron chi connectivity index (χ4n) is 10.0. The van der Waals surface area contributed by atoms with Crippen LogP contribution in [0.25, 0.3) is 22.3 Å². The van der Waals surface area contributed by atoms with E-state index in [4.69, 9.17) is 40.6 Å². The van der Waals surface area contributed by atoms with E-state index in [1.54, 1.807) is 24.3 Å². The first-order valence-corrected chi connectivity index (χ1v) is 33.2. The lowest BCUT2D eigenvalue weighted by atomic mass is 10.0. The molecule has 2 unspecified atom stereocenters. The number of amides is 3. The van der Waals surface area contributed by atoms with Gasteiger partial charge in [0.1, 0.15) is 41.8 Å². The third-order valence-electron chi connectivity index (χ3n) is 14.5. The number of nitrogens with zero attached hydrogens (tertiary/aromatic N) is 7. The lowest BCUT2D eigenvalue weighted by Crippen LogP contribution is -2.53. The zero-order chi connectivity index (χ0) is 57.1. The summed E-state index contributed by atoms with van der Waals surface area (Å²) in [5.41, 5.74) is 4.78. The molecule has 7 N–H and O–H groups in total. The minimum atomic E-state index is -4.46. The minimum Gasteiger partial charge on any atom is -0.382 e. The second-order valence-corrected chi connectivity index (χ2v) is 28.4. The molecule has 8 rings (SSSR count). The smallest absolute Gasteiger partial charge is 0.325 e. The van der Waals surface area contributed by atoms with Gasteiger partial charge >= 0.3 is 6.72 Å². The standard InChI is InChI=1S/C51H72F2N12O11P2S2/c1-5-6-7-8-9-10-11-12-13-14-15-16-17-18-36(66)63-39(30(2)3)49(69)61-31(4)47(67)62-33-21-19-32(20-22-33)25-80-77(70)43-35(75-51(38(43)53)65-29-60-41-46(65)57-27-58-48(41)68)24-73-78(71,79)76-42-34(23-72-77)74-50(37(42)52)64-28-59-40-44(54)55-26-56-45(40)64/h19-22,26-31,34-35,37-39,42-43,50-51H,5-18,23-25H2,1-4H3,(H,61,69)(H,62,67)(H,63,66)(H,71,79)(H2,54,55,56)(H,57,58,68)/t31-,34+,35+,37+,38+,39-,42+,43+,50+,51+,77?,78?/m0/s1. The normalized spacial score (nSPS) is 26.9. The number of hydrogen-bond acceptors (Lipinski definition) is 18. The third-order valence-corrected chi connectivity index (χ3v) is 21.2. The number of carbonyl (C=O) groups is 3. The Morgan fingerprint density at radius 1 is 0.812 bits per heavy atom. The van der Waals surface area contributed by atoms with Crippen LogP contribution in [0.2, 0.25) is 0 Å². The number of aromatic amines is 1. The number of anilines is 2. The number of carbonyl (C=O) groups excluding carboxylic acids is 3. The number of benzene rings is 1. The number of alkyl halides is 2. The van der Waals surface area contributed by atoms with Crippen molar-refractivity contribution >= 4 is 88.0 Å². The molecule has 0 aliphatic carbocycles. The summed E-state index contributed by atoms with van der Waals surface area (Å²) in [4.78, 5) is 86.7. The van der Waals surface area contributed by atoms with Crippen LogP contribution in [0.5, 0.6) is 0 Å². The summed E-state index contributed by atoms with van der Waals surface area (Å²) in [6.45, 7) is -2.81. The van der Waals surface area contributed by atoms with E-state index in [0.717, 1.165) is 56.0 Å². The summed E-state index contributed by atoms with van der Waals surface area (Å²) in [5, 5.41) is 8.37. The van der Waals surface area contributed by atoms with E-state index in [1.807, 2.05) is 13.8 Å². The number of nitrogen functional groups attached to an aromatic ring is 1. The number of unbranched alkanes of at least 4 members (excludes halogenated alkanes) is 12. The van der Waals surface area contributed by atoms with Crippen molar-refractivity contribution in [1.82, 2.24) is 49.7 Å². The van der Waals surface area contributed by atoms with Gasteiger partial charge in [0.2, 0.25) is 17.7 Å². The van der Waals surface area contributed by atoms with Crippen LogP contribution in [0, 0.1) is 5.92 Å². The number of halogens is 2. The molecule has 12 atom stereocenters. The van der Waals surface area contributed by atoms with Crippen LogP contribution in [0.1, 0.15) is 136 Å². The van der Waals surface area contributed by atoms with Crippen LogP contribution in [0.4, 0.5) is 20.3 Å². The fraction of sp³-hybridized carbons (Fsp3) is 0.627. The largest absolute Gasteiger partial charge is 0.382 e. The molecule has 80 heavy (non-hydrogen) atoms. The number of ether oxygens (including phenoxy) is 2. The molecular weight excluding hydrogens is 1120 g/mol. The highest BCUT2D eigenvalue weighted by Crippen LogP contribution is 2.70. The maximum atomic E-state index is 17.4. The molecule has 0 radical (unpaired) electrons. The second kappa shape index (κ2) is 28.0. The average molecular weight is 1190 g/mol. The van der Waals surface area contributed by atoms with E-state index in [1.165, 1.54) is 80.2 Å². The zero-order valence-electron chi connectivity index (χ0n) is 45.2. The number of H-pyrrole nitrogens is 1.